The minimum Gasteiger partial charge on any atom is -0.350 e. The van der Waals surface area contributed by atoms with E-state index in [1.807, 2.05) is 26.0 Å². The Labute approximate surface area is 297 Å². The second kappa shape index (κ2) is 15.8. The minimum atomic E-state index is -0.757. The van der Waals surface area contributed by atoms with Crippen LogP contribution >= 0.6 is 0 Å². The number of nitrogens with zero attached hydrogens (tertiary/aromatic N) is 2. The van der Waals surface area contributed by atoms with Crippen LogP contribution in [0.4, 0.5) is 0 Å². The number of rotatable bonds is 6. The molecule has 49 heavy (non-hydrogen) atoms. The summed E-state index contributed by atoms with van der Waals surface area (Å²) < 4.78 is 26.9. The molecule has 2 unspecified atom stereocenters. The van der Waals surface area contributed by atoms with E-state index in [0.29, 0.717) is 52.1 Å². The fraction of sp³-hybridized carbons (Fsp3) is 0.707. The molecule has 2 aromatic carbocycles. The molecule has 0 saturated carbocycles. The fourth-order valence-electron chi connectivity index (χ4n) is 8.67. The van der Waals surface area contributed by atoms with E-state index in [1.54, 1.807) is 0 Å². The van der Waals surface area contributed by atoms with Gasteiger partial charge in [0.1, 0.15) is 12.2 Å². The highest BCUT2D eigenvalue weighted by molar-refractivity contribution is 5.18. The molecule has 3 aliphatic heterocycles. The van der Waals surface area contributed by atoms with Crippen LogP contribution in [0.3, 0.4) is 0 Å². The molecule has 3 aliphatic rings. The summed E-state index contributed by atoms with van der Waals surface area (Å²) in [5.41, 5.74) is 0.926. The van der Waals surface area contributed by atoms with Gasteiger partial charge in [0.15, 0.2) is 11.6 Å². The third-order valence-corrected chi connectivity index (χ3v) is 9.90. The number of benzene rings is 2. The normalized spacial score (nSPS) is 26.1. The van der Waals surface area contributed by atoms with Crippen molar-refractivity contribution in [2.24, 2.45) is 0 Å². The summed E-state index contributed by atoms with van der Waals surface area (Å²) in [5.74, 6) is -1.51. The maximum absolute atomic E-state index is 6.75. The van der Waals surface area contributed by atoms with Crippen LogP contribution in [0.25, 0.3) is 0 Å². The lowest BCUT2D eigenvalue weighted by Crippen LogP contribution is -2.67. The number of hydrogen-bond acceptors (Lipinski definition) is 8. The van der Waals surface area contributed by atoms with Crippen LogP contribution in [-0.2, 0) is 28.6 Å². The van der Waals surface area contributed by atoms with Crippen LogP contribution in [0, 0.1) is 0 Å². The fourth-order valence-corrected chi connectivity index (χ4v) is 8.67. The highest BCUT2D eigenvalue weighted by Crippen LogP contribution is 2.49. The molecule has 3 heterocycles. The number of hydroxylamine groups is 4. The van der Waals surface area contributed by atoms with Gasteiger partial charge in [0, 0.05) is 47.8 Å². The van der Waals surface area contributed by atoms with Gasteiger partial charge in [0.2, 0.25) is 0 Å². The zero-order valence-corrected chi connectivity index (χ0v) is 32.6. The average Bonchev–Trinajstić information content (AvgIpc) is 3.06. The summed E-state index contributed by atoms with van der Waals surface area (Å²) in [6, 6.07) is 20.8. The third kappa shape index (κ3) is 9.52. The molecule has 0 N–H and O–H groups in total. The van der Waals surface area contributed by atoms with E-state index < -0.39 is 11.6 Å². The summed E-state index contributed by atoms with van der Waals surface area (Å²) in [7, 11) is 0. The monoisotopic (exact) mass is 682 g/mol. The van der Waals surface area contributed by atoms with Gasteiger partial charge in [-0.05, 0) is 86.8 Å². The molecule has 0 amide bonds. The molecule has 3 fully saturated rings. The smallest absolute Gasteiger partial charge is 0.172 e. The predicted octanol–water partition coefficient (Wildman–Crippen LogP) is 9.57. The summed E-state index contributed by atoms with van der Waals surface area (Å²) in [6.45, 7) is 27.9. The molecule has 0 radical (unpaired) electrons. The number of piperidine rings is 2. The Morgan fingerprint density at radius 2 is 0.776 bits per heavy atom. The lowest BCUT2D eigenvalue weighted by atomic mass is 9.77. The van der Waals surface area contributed by atoms with Crippen molar-refractivity contribution in [2.75, 3.05) is 26.4 Å². The summed E-state index contributed by atoms with van der Waals surface area (Å²) in [6.07, 6.45) is 3.27. The van der Waals surface area contributed by atoms with Gasteiger partial charge >= 0.3 is 0 Å². The topological polar surface area (TPSA) is 61.9 Å². The highest BCUT2D eigenvalue weighted by atomic mass is 16.7. The Kier molecular flexibility index (Phi) is 12.9. The summed E-state index contributed by atoms with van der Waals surface area (Å²) >= 11 is 0. The van der Waals surface area contributed by atoms with E-state index in [0.717, 1.165) is 17.5 Å². The van der Waals surface area contributed by atoms with Gasteiger partial charge in [-0.15, -0.1) is 0 Å². The second-order valence-electron chi connectivity index (χ2n) is 16.4. The largest absolute Gasteiger partial charge is 0.350 e. The summed E-state index contributed by atoms with van der Waals surface area (Å²) in [4.78, 5) is 13.4. The molecule has 0 aromatic heterocycles. The molecular weight excluding hydrogens is 616 g/mol. The summed E-state index contributed by atoms with van der Waals surface area (Å²) in [5, 5.41) is 4.35. The van der Waals surface area contributed by atoms with Crippen molar-refractivity contribution in [2.45, 2.75) is 161 Å². The molecule has 2 spiro atoms. The van der Waals surface area contributed by atoms with Gasteiger partial charge in [0.05, 0.1) is 26.4 Å². The van der Waals surface area contributed by atoms with Gasteiger partial charge in [0.25, 0.3) is 0 Å². The highest BCUT2D eigenvalue weighted by Gasteiger charge is 2.57. The molecule has 2 aromatic rings. The van der Waals surface area contributed by atoms with E-state index in [1.165, 1.54) is 0 Å². The van der Waals surface area contributed by atoms with E-state index >= 15 is 0 Å². The van der Waals surface area contributed by atoms with Crippen LogP contribution in [0.5, 0.6) is 0 Å². The van der Waals surface area contributed by atoms with Crippen molar-refractivity contribution in [1.82, 2.24) is 10.1 Å². The minimum absolute atomic E-state index is 0.0770. The second-order valence-corrected chi connectivity index (χ2v) is 16.4. The van der Waals surface area contributed by atoms with Crippen LogP contribution in [-0.4, -0.2) is 70.3 Å². The van der Waals surface area contributed by atoms with Gasteiger partial charge in [-0.2, -0.15) is 10.1 Å². The molecule has 276 valence electrons. The molecule has 5 rings (SSSR count). The molecule has 0 aliphatic carbocycles. The maximum Gasteiger partial charge on any atom is 0.172 e. The van der Waals surface area contributed by atoms with Gasteiger partial charge in [-0.25, -0.2) is 0 Å². The van der Waals surface area contributed by atoms with E-state index in [-0.39, 0.29) is 34.4 Å². The maximum atomic E-state index is 6.75. The van der Waals surface area contributed by atoms with Crippen LogP contribution < -0.4 is 0 Å². The van der Waals surface area contributed by atoms with Crippen LogP contribution in [0.2, 0.25) is 0 Å². The van der Waals surface area contributed by atoms with E-state index in [4.69, 9.17) is 28.6 Å². The molecule has 0 bridgehead atoms. The quantitative estimate of drug-likeness (QED) is 0.299. The Bertz CT molecular complexity index is 1160. The van der Waals surface area contributed by atoms with Crippen LogP contribution in [0.1, 0.15) is 139 Å². The lowest BCUT2D eigenvalue weighted by Gasteiger charge is -2.58. The predicted molar refractivity (Wildman–Crippen MR) is 196 cm³/mol. The number of hydrogen-bond donors (Lipinski definition) is 0. The zero-order chi connectivity index (χ0) is 36.1. The Morgan fingerprint density at radius 1 is 0.490 bits per heavy atom. The zero-order valence-electron chi connectivity index (χ0n) is 32.6. The first kappa shape index (κ1) is 39.9. The molecule has 8 heteroatoms. The molecule has 3 saturated heterocycles. The van der Waals surface area contributed by atoms with Crippen molar-refractivity contribution in [3.63, 3.8) is 0 Å². The SMILES string of the molecule is CC.CC(ON1C(C)(C)CC2(CC1(C)C)OCCCOC1(CC(C)(C)N(OC(C)c3ccccc3)C(C)(C)C1)OCCO2)c1ccccc1. The van der Waals surface area contributed by atoms with Crippen LogP contribution in [0.15, 0.2) is 60.7 Å². The van der Waals surface area contributed by atoms with E-state index in [2.05, 4.69) is 128 Å². The van der Waals surface area contributed by atoms with Gasteiger partial charge in [-0.3, -0.25) is 9.68 Å². The third-order valence-electron chi connectivity index (χ3n) is 9.90. The molecule has 8 nitrogen and oxygen atoms in total. The lowest BCUT2D eigenvalue weighted by molar-refractivity contribution is -0.375. The first-order chi connectivity index (χ1) is 23.0. The standard InChI is InChI=1S/C39H60N2O6.C2H6/c1-30(32-18-13-11-14-19-32)46-40-34(3,4)26-38(27-35(40,5)6)42-22-17-23-43-39(45-25-24-44-38)28-36(7,8)41(37(9,10)29-39)47-31(2)33-20-15-12-16-21-33;1-2/h11-16,18-21,30-31H,17,22-29H2,1-10H3;1-2H3. The van der Waals surface area contributed by atoms with Crippen molar-refractivity contribution in [1.29, 1.82) is 0 Å². The van der Waals surface area contributed by atoms with Crippen molar-refractivity contribution >= 4 is 0 Å². The van der Waals surface area contributed by atoms with Gasteiger partial charge < -0.3 is 18.9 Å². The Morgan fingerprint density at radius 3 is 1.08 bits per heavy atom. The van der Waals surface area contributed by atoms with Crippen molar-refractivity contribution in [3.05, 3.63) is 71.8 Å². The van der Waals surface area contributed by atoms with Crippen molar-refractivity contribution in [3.8, 4) is 0 Å². The molecular formula is C41H66N2O6. The number of ether oxygens (including phenoxy) is 4. The average molecular weight is 683 g/mol. The van der Waals surface area contributed by atoms with Crippen molar-refractivity contribution < 1.29 is 28.6 Å². The first-order valence-electron chi connectivity index (χ1n) is 18.6. The van der Waals surface area contributed by atoms with E-state index in [9.17, 15) is 0 Å². The Balaban J connectivity index is 0.00000265. The van der Waals surface area contributed by atoms with Gasteiger partial charge in [-0.1, -0.05) is 74.5 Å². The first-order valence-corrected chi connectivity index (χ1v) is 18.6. The molecule has 2 atom stereocenters. The Hall–Kier alpha value is -1.88.